The summed E-state index contributed by atoms with van der Waals surface area (Å²) in [5, 5.41) is 3.22. The number of ether oxygens (including phenoxy) is 1. The minimum absolute atomic E-state index is 0.717. The average molecular weight is 189 g/mol. The maximum Gasteiger partial charge on any atom is 0.123 e. The molecule has 0 unspecified atom stereocenters. The van der Waals surface area contributed by atoms with Gasteiger partial charge in [-0.15, -0.1) is 5.92 Å². The highest BCUT2D eigenvalue weighted by atomic mass is 16.5. The number of rotatable bonds is 4. The molecule has 0 saturated heterocycles. The molecular weight excluding hydrogens is 174 g/mol. The molecule has 2 nitrogen and oxygen atoms in total. The predicted octanol–water partition coefficient (Wildman–Crippen LogP) is 1.81. The summed E-state index contributed by atoms with van der Waals surface area (Å²) in [4.78, 5) is 0. The lowest BCUT2D eigenvalue weighted by Crippen LogP contribution is -2.13. The van der Waals surface area contributed by atoms with Crippen LogP contribution in [0.1, 0.15) is 12.5 Å². The second-order valence-electron chi connectivity index (χ2n) is 2.84. The van der Waals surface area contributed by atoms with Crippen LogP contribution in [0.15, 0.2) is 24.3 Å². The van der Waals surface area contributed by atoms with E-state index < -0.39 is 0 Å². The molecule has 1 aromatic rings. The van der Waals surface area contributed by atoms with E-state index in [0.717, 1.165) is 17.9 Å². The van der Waals surface area contributed by atoms with Gasteiger partial charge in [-0.05, 0) is 13.0 Å². The minimum atomic E-state index is 0.717. The van der Waals surface area contributed by atoms with Crippen molar-refractivity contribution < 1.29 is 4.74 Å². The Kier molecular flexibility index (Phi) is 4.60. The van der Waals surface area contributed by atoms with Crippen molar-refractivity contribution in [1.82, 2.24) is 5.32 Å². The third-order valence-electron chi connectivity index (χ3n) is 1.90. The fourth-order valence-electron chi connectivity index (χ4n) is 1.20. The third kappa shape index (κ3) is 3.12. The van der Waals surface area contributed by atoms with E-state index in [1.165, 1.54) is 0 Å². The number of methoxy groups -OCH3 is 1. The molecule has 2 heteroatoms. The Morgan fingerprint density at radius 3 is 2.86 bits per heavy atom. The van der Waals surface area contributed by atoms with Crippen LogP contribution in [0.4, 0.5) is 0 Å². The maximum atomic E-state index is 5.23. The highest BCUT2D eigenvalue weighted by Gasteiger charge is 1.98. The molecule has 1 rings (SSSR count). The first-order valence-corrected chi connectivity index (χ1v) is 4.60. The zero-order valence-corrected chi connectivity index (χ0v) is 8.63. The van der Waals surface area contributed by atoms with Crippen LogP contribution >= 0.6 is 0 Å². The predicted molar refractivity (Wildman–Crippen MR) is 58.2 cm³/mol. The van der Waals surface area contributed by atoms with Crippen LogP contribution in [0.3, 0.4) is 0 Å². The van der Waals surface area contributed by atoms with Gasteiger partial charge < -0.3 is 10.1 Å². The Morgan fingerprint density at radius 1 is 1.36 bits per heavy atom. The third-order valence-corrected chi connectivity index (χ3v) is 1.90. The summed E-state index contributed by atoms with van der Waals surface area (Å²) in [7, 11) is 1.69. The van der Waals surface area contributed by atoms with Gasteiger partial charge >= 0.3 is 0 Å². The quantitative estimate of drug-likeness (QED) is 0.576. The molecule has 0 bridgehead atoms. The van der Waals surface area contributed by atoms with E-state index in [1.54, 1.807) is 7.11 Å². The van der Waals surface area contributed by atoms with Gasteiger partial charge in [0.25, 0.3) is 0 Å². The summed E-state index contributed by atoms with van der Waals surface area (Å²) in [5.74, 6) is 6.71. The second kappa shape index (κ2) is 6.06. The van der Waals surface area contributed by atoms with Crippen molar-refractivity contribution in [3.8, 4) is 17.6 Å². The first-order chi connectivity index (χ1) is 6.88. The largest absolute Gasteiger partial charge is 0.496 e. The van der Waals surface area contributed by atoms with Gasteiger partial charge in [-0.2, -0.15) is 0 Å². The number of hydrogen-bond acceptors (Lipinski definition) is 2. The molecule has 0 saturated carbocycles. The summed E-state index contributed by atoms with van der Waals surface area (Å²) in [5.41, 5.74) is 1.16. The zero-order chi connectivity index (χ0) is 10.2. The Bertz CT molecular complexity index is 336. The number of hydrogen-bond donors (Lipinski definition) is 1. The molecule has 0 fully saturated rings. The molecule has 0 heterocycles. The molecule has 0 aliphatic rings. The van der Waals surface area contributed by atoms with Gasteiger partial charge in [0.1, 0.15) is 5.75 Å². The van der Waals surface area contributed by atoms with Crippen LogP contribution in [-0.4, -0.2) is 13.7 Å². The van der Waals surface area contributed by atoms with Crippen LogP contribution in [-0.2, 0) is 6.54 Å². The van der Waals surface area contributed by atoms with Crippen molar-refractivity contribution in [2.45, 2.75) is 13.5 Å². The number of para-hydroxylation sites is 1. The molecular formula is C12H15NO. The fraction of sp³-hybridized carbons (Fsp3) is 0.333. The summed E-state index contributed by atoms with van der Waals surface area (Å²) in [6.07, 6.45) is 0. The topological polar surface area (TPSA) is 21.3 Å². The monoisotopic (exact) mass is 189 g/mol. The van der Waals surface area contributed by atoms with Crippen LogP contribution in [0, 0.1) is 11.8 Å². The van der Waals surface area contributed by atoms with Crippen LogP contribution in [0.5, 0.6) is 5.75 Å². The summed E-state index contributed by atoms with van der Waals surface area (Å²) in [6, 6.07) is 7.98. The molecule has 0 atom stereocenters. The van der Waals surface area contributed by atoms with Crippen molar-refractivity contribution in [3.05, 3.63) is 29.8 Å². The average Bonchev–Trinajstić information content (AvgIpc) is 2.25. The standard InChI is InChI=1S/C12H15NO/c1-3-4-9-13-10-11-7-5-6-8-12(11)14-2/h5-8,13H,9-10H2,1-2H3. The van der Waals surface area contributed by atoms with E-state index in [1.807, 2.05) is 31.2 Å². The van der Waals surface area contributed by atoms with E-state index in [-0.39, 0.29) is 0 Å². The van der Waals surface area contributed by atoms with Gasteiger partial charge in [-0.1, -0.05) is 24.1 Å². The first-order valence-electron chi connectivity index (χ1n) is 4.60. The van der Waals surface area contributed by atoms with E-state index in [0.29, 0.717) is 6.54 Å². The Hall–Kier alpha value is -1.46. The Morgan fingerprint density at radius 2 is 2.14 bits per heavy atom. The molecule has 0 aliphatic carbocycles. The molecule has 0 aliphatic heterocycles. The SMILES string of the molecule is CC#CCNCc1ccccc1OC. The fourth-order valence-corrected chi connectivity index (χ4v) is 1.20. The van der Waals surface area contributed by atoms with Gasteiger partial charge in [0, 0.05) is 12.1 Å². The van der Waals surface area contributed by atoms with Crippen LogP contribution in [0.25, 0.3) is 0 Å². The highest BCUT2D eigenvalue weighted by molar-refractivity contribution is 5.33. The molecule has 74 valence electrons. The molecule has 1 N–H and O–H groups in total. The molecule has 14 heavy (non-hydrogen) atoms. The Balaban J connectivity index is 2.51. The van der Waals surface area contributed by atoms with Gasteiger partial charge in [-0.25, -0.2) is 0 Å². The van der Waals surface area contributed by atoms with Crippen molar-refractivity contribution >= 4 is 0 Å². The van der Waals surface area contributed by atoms with E-state index >= 15 is 0 Å². The normalized spacial score (nSPS) is 9.00. The maximum absolute atomic E-state index is 5.23. The highest BCUT2D eigenvalue weighted by Crippen LogP contribution is 2.16. The molecule has 0 spiro atoms. The van der Waals surface area contributed by atoms with Crippen LogP contribution in [0.2, 0.25) is 0 Å². The molecule has 1 aromatic carbocycles. The molecule has 0 aromatic heterocycles. The lowest BCUT2D eigenvalue weighted by molar-refractivity contribution is 0.408. The van der Waals surface area contributed by atoms with Gasteiger partial charge in [0.05, 0.1) is 13.7 Å². The number of benzene rings is 1. The molecule has 0 amide bonds. The van der Waals surface area contributed by atoms with Crippen molar-refractivity contribution in [1.29, 1.82) is 0 Å². The van der Waals surface area contributed by atoms with Gasteiger partial charge in [0.2, 0.25) is 0 Å². The van der Waals surface area contributed by atoms with E-state index in [2.05, 4.69) is 17.2 Å². The van der Waals surface area contributed by atoms with Crippen molar-refractivity contribution in [3.63, 3.8) is 0 Å². The van der Waals surface area contributed by atoms with E-state index in [9.17, 15) is 0 Å². The van der Waals surface area contributed by atoms with Crippen molar-refractivity contribution in [2.75, 3.05) is 13.7 Å². The number of nitrogens with one attached hydrogen (secondary N) is 1. The van der Waals surface area contributed by atoms with E-state index in [4.69, 9.17) is 4.74 Å². The zero-order valence-electron chi connectivity index (χ0n) is 8.63. The summed E-state index contributed by atoms with van der Waals surface area (Å²) < 4.78 is 5.23. The lowest BCUT2D eigenvalue weighted by Gasteiger charge is -2.07. The smallest absolute Gasteiger partial charge is 0.123 e. The Labute approximate surface area is 85.3 Å². The van der Waals surface area contributed by atoms with Gasteiger partial charge in [0.15, 0.2) is 0 Å². The molecule has 0 radical (unpaired) electrons. The van der Waals surface area contributed by atoms with Crippen LogP contribution < -0.4 is 10.1 Å². The van der Waals surface area contributed by atoms with Gasteiger partial charge in [-0.3, -0.25) is 0 Å². The summed E-state index contributed by atoms with van der Waals surface area (Å²) >= 11 is 0. The lowest BCUT2D eigenvalue weighted by atomic mass is 10.2. The first kappa shape index (κ1) is 10.6. The minimum Gasteiger partial charge on any atom is -0.496 e. The summed E-state index contributed by atoms with van der Waals surface area (Å²) in [6.45, 7) is 3.35. The van der Waals surface area contributed by atoms with Crippen molar-refractivity contribution in [2.24, 2.45) is 0 Å². The second-order valence-corrected chi connectivity index (χ2v) is 2.84.